The van der Waals surface area contributed by atoms with Gasteiger partial charge in [0.2, 0.25) is 0 Å². The Balaban J connectivity index is 2.20. The molecule has 96 valence electrons. The number of thioether (sulfide) groups is 1. The Bertz CT molecular complexity index is 538. The number of aryl methyl sites for hydroxylation is 1. The Kier molecular flexibility index (Phi) is 3.71. The molecule has 2 heterocycles. The highest BCUT2D eigenvalue weighted by Crippen LogP contribution is 2.18. The molecular formula is C11H16N6S. The number of hydrogen-bond donors (Lipinski definition) is 1. The minimum atomic E-state index is 0.482. The third kappa shape index (κ3) is 2.73. The minimum absolute atomic E-state index is 0.482. The van der Waals surface area contributed by atoms with E-state index in [-0.39, 0.29) is 0 Å². The zero-order valence-electron chi connectivity index (χ0n) is 10.7. The lowest BCUT2D eigenvalue weighted by molar-refractivity contribution is 0.749. The molecule has 0 amide bonds. The second kappa shape index (κ2) is 5.26. The summed E-state index contributed by atoms with van der Waals surface area (Å²) in [5, 5.41) is 0.677. The maximum Gasteiger partial charge on any atom is 0.191 e. The largest absolute Gasteiger partial charge is 0.383 e. The molecule has 0 saturated heterocycles. The van der Waals surface area contributed by atoms with Crippen LogP contribution in [-0.4, -0.2) is 32.8 Å². The molecule has 18 heavy (non-hydrogen) atoms. The standard InChI is InChI=1S/C11H16N6S/c1-16-5-4-13-10(16)7-17(2)9-6-8(12)14-11(15-9)18-3/h4-6H,7H2,1-3H3,(H2,12,14,15). The monoisotopic (exact) mass is 264 g/mol. The highest BCUT2D eigenvalue weighted by molar-refractivity contribution is 7.98. The van der Waals surface area contributed by atoms with Gasteiger partial charge in [0.1, 0.15) is 17.5 Å². The van der Waals surface area contributed by atoms with Crippen LogP contribution < -0.4 is 10.6 Å². The molecule has 0 bridgehead atoms. The number of nitrogens with zero attached hydrogens (tertiary/aromatic N) is 5. The Hall–Kier alpha value is -1.76. The summed E-state index contributed by atoms with van der Waals surface area (Å²) < 4.78 is 1.98. The average molecular weight is 264 g/mol. The summed E-state index contributed by atoms with van der Waals surface area (Å²) in [6.07, 6.45) is 5.63. The van der Waals surface area contributed by atoms with E-state index < -0.39 is 0 Å². The molecule has 2 N–H and O–H groups in total. The Morgan fingerprint density at radius 1 is 1.44 bits per heavy atom. The summed E-state index contributed by atoms with van der Waals surface area (Å²) in [6, 6.07) is 1.77. The van der Waals surface area contributed by atoms with Crippen LogP contribution in [0.15, 0.2) is 23.6 Å². The maximum absolute atomic E-state index is 5.76. The van der Waals surface area contributed by atoms with E-state index in [0.717, 1.165) is 11.6 Å². The number of imidazole rings is 1. The van der Waals surface area contributed by atoms with Gasteiger partial charge in [0, 0.05) is 32.6 Å². The van der Waals surface area contributed by atoms with Gasteiger partial charge in [0.25, 0.3) is 0 Å². The van der Waals surface area contributed by atoms with Gasteiger partial charge in [0.15, 0.2) is 5.16 Å². The summed E-state index contributed by atoms with van der Waals surface area (Å²) in [7, 11) is 3.93. The smallest absolute Gasteiger partial charge is 0.191 e. The van der Waals surface area contributed by atoms with Crippen molar-refractivity contribution in [2.75, 3.05) is 23.9 Å². The summed E-state index contributed by atoms with van der Waals surface area (Å²) in [6.45, 7) is 0.674. The first-order valence-corrected chi connectivity index (χ1v) is 6.68. The molecule has 2 aromatic heterocycles. The van der Waals surface area contributed by atoms with Gasteiger partial charge < -0.3 is 15.2 Å². The first-order valence-electron chi connectivity index (χ1n) is 5.46. The van der Waals surface area contributed by atoms with Crippen molar-refractivity contribution in [2.24, 2.45) is 7.05 Å². The van der Waals surface area contributed by atoms with E-state index in [4.69, 9.17) is 5.73 Å². The van der Waals surface area contributed by atoms with Gasteiger partial charge in [0.05, 0.1) is 6.54 Å². The van der Waals surface area contributed by atoms with E-state index in [0.29, 0.717) is 17.5 Å². The lowest BCUT2D eigenvalue weighted by Crippen LogP contribution is -2.20. The predicted octanol–water partition coefficient (Wildman–Crippen LogP) is 1.15. The van der Waals surface area contributed by atoms with Crippen LogP contribution in [0.25, 0.3) is 0 Å². The summed E-state index contributed by atoms with van der Waals surface area (Å²) in [5.74, 6) is 2.26. The van der Waals surface area contributed by atoms with Gasteiger partial charge in [-0.3, -0.25) is 0 Å². The zero-order chi connectivity index (χ0) is 13.1. The van der Waals surface area contributed by atoms with Crippen LogP contribution >= 0.6 is 11.8 Å². The molecule has 0 aliphatic heterocycles. The predicted molar refractivity (Wildman–Crippen MR) is 73.5 cm³/mol. The Morgan fingerprint density at radius 3 is 2.83 bits per heavy atom. The van der Waals surface area contributed by atoms with E-state index in [2.05, 4.69) is 15.0 Å². The fourth-order valence-corrected chi connectivity index (χ4v) is 1.94. The van der Waals surface area contributed by atoms with Gasteiger partial charge in [-0.25, -0.2) is 15.0 Å². The van der Waals surface area contributed by atoms with Crippen LogP contribution in [0.2, 0.25) is 0 Å². The van der Waals surface area contributed by atoms with Gasteiger partial charge in [-0.2, -0.15) is 0 Å². The second-order valence-corrected chi connectivity index (χ2v) is 4.72. The third-order valence-corrected chi connectivity index (χ3v) is 3.13. The van der Waals surface area contributed by atoms with Crippen molar-refractivity contribution >= 4 is 23.4 Å². The van der Waals surface area contributed by atoms with Crippen LogP contribution in [0.1, 0.15) is 5.82 Å². The van der Waals surface area contributed by atoms with Crippen molar-refractivity contribution in [3.63, 3.8) is 0 Å². The van der Waals surface area contributed by atoms with Crippen LogP contribution in [0.5, 0.6) is 0 Å². The summed E-state index contributed by atoms with van der Waals surface area (Å²) in [5.41, 5.74) is 5.76. The highest BCUT2D eigenvalue weighted by atomic mass is 32.2. The van der Waals surface area contributed by atoms with Crippen LogP contribution in [-0.2, 0) is 13.6 Å². The molecule has 0 aliphatic rings. The number of hydrogen-bond acceptors (Lipinski definition) is 6. The SMILES string of the molecule is CSc1nc(N)cc(N(C)Cc2nccn2C)n1. The summed E-state index contributed by atoms with van der Waals surface area (Å²) in [4.78, 5) is 14.8. The van der Waals surface area contributed by atoms with Crippen molar-refractivity contribution in [3.05, 3.63) is 24.3 Å². The van der Waals surface area contributed by atoms with E-state index in [1.807, 2.05) is 36.0 Å². The fourth-order valence-electron chi connectivity index (χ4n) is 1.56. The molecule has 2 rings (SSSR count). The van der Waals surface area contributed by atoms with Crippen molar-refractivity contribution < 1.29 is 0 Å². The first-order chi connectivity index (χ1) is 8.60. The molecule has 0 unspecified atom stereocenters. The van der Waals surface area contributed by atoms with Gasteiger partial charge >= 0.3 is 0 Å². The van der Waals surface area contributed by atoms with Crippen molar-refractivity contribution in [1.82, 2.24) is 19.5 Å². The van der Waals surface area contributed by atoms with Crippen LogP contribution in [0.4, 0.5) is 11.6 Å². The van der Waals surface area contributed by atoms with Crippen molar-refractivity contribution in [2.45, 2.75) is 11.7 Å². The van der Waals surface area contributed by atoms with Crippen molar-refractivity contribution in [1.29, 1.82) is 0 Å². The fraction of sp³-hybridized carbons (Fsp3) is 0.364. The molecule has 0 aliphatic carbocycles. The van der Waals surface area contributed by atoms with Gasteiger partial charge in [-0.15, -0.1) is 0 Å². The number of anilines is 2. The highest BCUT2D eigenvalue weighted by Gasteiger charge is 2.09. The van der Waals surface area contributed by atoms with Gasteiger partial charge in [-0.05, 0) is 6.26 Å². The topological polar surface area (TPSA) is 72.9 Å². The van der Waals surface area contributed by atoms with E-state index >= 15 is 0 Å². The van der Waals surface area contributed by atoms with Gasteiger partial charge in [-0.1, -0.05) is 11.8 Å². The van der Waals surface area contributed by atoms with Crippen molar-refractivity contribution in [3.8, 4) is 0 Å². The second-order valence-electron chi connectivity index (χ2n) is 3.95. The Morgan fingerprint density at radius 2 is 2.22 bits per heavy atom. The molecule has 2 aromatic rings. The number of nitrogen functional groups attached to an aromatic ring is 1. The number of nitrogens with two attached hydrogens (primary N) is 1. The van der Waals surface area contributed by atoms with Crippen LogP contribution in [0.3, 0.4) is 0 Å². The summed E-state index contributed by atoms with van der Waals surface area (Å²) >= 11 is 1.48. The molecule has 0 fully saturated rings. The molecule has 0 atom stereocenters. The van der Waals surface area contributed by atoms with Crippen LogP contribution in [0, 0.1) is 0 Å². The molecule has 0 saturated carbocycles. The number of rotatable bonds is 4. The minimum Gasteiger partial charge on any atom is -0.383 e. The van der Waals surface area contributed by atoms with E-state index in [1.54, 1.807) is 12.3 Å². The molecule has 7 heteroatoms. The zero-order valence-corrected chi connectivity index (χ0v) is 11.5. The average Bonchev–Trinajstić information content (AvgIpc) is 2.74. The Labute approximate surface area is 110 Å². The molecule has 0 aromatic carbocycles. The normalized spacial score (nSPS) is 10.6. The lowest BCUT2D eigenvalue weighted by atomic mass is 10.4. The number of aromatic nitrogens is 4. The lowest BCUT2D eigenvalue weighted by Gasteiger charge is -2.18. The van der Waals surface area contributed by atoms with E-state index in [1.165, 1.54) is 11.8 Å². The maximum atomic E-state index is 5.76. The molecular weight excluding hydrogens is 248 g/mol. The molecule has 6 nitrogen and oxygen atoms in total. The first kappa shape index (κ1) is 12.7. The van der Waals surface area contributed by atoms with E-state index in [9.17, 15) is 0 Å². The molecule has 0 spiro atoms. The third-order valence-electron chi connectivity index (χ3n) is 2.59. The quantitative estimate of drug-likeness (QED) is 0.659. The molecule has 0 radical (unpaired) electrons.